The maximum Gasteiger partial charge on any atom is 0.222 e. The molecule has 0 bridgehead atoms. The molecule has 0 spiro atoms. The summed E-state index contributed by atoms with van der Waals surface area (Å²) >= 11 is 0. The molecule has 4 heteroatoms. The van der Waals surface area contributed by atoms with Gasteiger partial charge in [0.2, 0.25) is 5.95 Å². The van der Waals surface area contributed by atoms with Crippen LogP contribution in [0, 0.1) is 5.92 Å². The van der Waals surface area contributed by atoms with E-state index in [2.05, 4.69) is 27.5 Å². The zero-order valence-corrected chi connectivity index (χ0v) is 9.16. The highest BCUT2D eigenvalue weighted by Gasteiger charge is 2.13. The molecular formula is C11H18N4. The second-order valence-corrected chi connectivity index (χ2v) is 4.01. The molecule has 4 nitrogen and oxygen atoms in total. The topological polar surface area (TPSA) is 49.8 Å². The van der Waals surface area contributed by atoms with Gasteiger partial charge in [-0.15, -0.1) is 0 Å². The van der Waals surface area contributed by atoms with E-state index in [0.717, 1.165) is 37.9 Å². The van der Waals surface area contributed by atoms with Gasteiger partial charge in [-0.25, -0.2) is 9.97 Å². The minimum absolute atomic E-state index is 0.722. The monoisotopic (exact) mass is 206 g/mol. The molecule has 1 atom stereocenters. The predicted molar refractivity (Wildman–Crippen MR) is 60.9 cm³/mol. The van der Waals surface area contributed by atoms with Crippen LogP contribution in [0.5, 0.6) is 0 Å². The van der Waals surface area contributed by atoms with E-state index >= 15 is 0 Å². The van der Waals surface area contributed by atoms with Gasteiger partial charge in [-0.3, -0.25) is 0 Å². The number of hydrogen-bond acceptors (Lipinski definition) is 4. The molecule has 1 aliphatic rings. The Balaban J connectivity index is 1.82. The molecule has 0 saturated carbocycles. The first-order chi connectivity index (χ1) is 7.38. The van der Waals surface area contributed by atoms with Crippen molar-refractivity contribution < 1.29 is 0 Å². The summed E-state index contributed by atoms with van der Waals surface area (Å²) in [5.74, 6) is 1.47. The van der Waals surface area contributed by atoms with E-state index < -0.39 is 0 Å². The molecule has 0 amide bonds. The standard InChI is InChI=1S/C11H18N4/c1-2-9-6-13-11(14-7-9)15-8-10-3-4-12-5-10/h6-7,10,12H,2-5,8H2,1H3,(H,13,14,15). The molecule has 0 aliphatic carbocycles. The van der Waals surface area contributed by atoms with Gasteiger partial charge in [0.25, 0.3) is 0 Å². The highest BCUT2D eigenvalue weighted by molar-refractivity contribution is 5.24. The van der Waals surface area contributed by atoms with E-state index in [1.807, 2.05) is 12.4 Å². The van der Waals surface area contributed by atoms with Crippen molar-refractivity contribution in [3.05, 3.63) is 18.0 Å². The Morgan fingerprint density at radius 2 is 2.27 bits per heavy atom. The summed E-state index contributed by atoms with van der Waals surface area (Å²) in [4.78, 5) is 8.54. The lowest BCUT2D eigenvalue weighted by Crippen LogP contribution is -2.18. The van der Waals surface area contributed by atoms with Crippen molar-refractivity contribution in [3.8, 4) is 0 Å². The van der Waals surface area contributed by atoms with Crippen LogP contribution in [-0.4, -0.2) is 29.6 Å². The van der Waals surface area contributed by atoms with Crippen molar-refractivity contribution in [2.24, 2.45) is 5.92 Å². The predicted octanol–water partition coefficient (Wildman–Crippen LogP) is 1.06. The zero-order chi connectivity index (χ0) is 10.5. The fourth-order valence-electron chi connectivity index (χ4n) is 1.75. The van der Waals surface area contributed by atoms with Gasteiger partial charge < -0.3 is 10.6 Å². The van der Waals surface area contributed by atoms with Gasteiger partial charge >= 0.3 is 0 Å². The number of nitrogens with one attached hydrogen (secondary N) is 2. The minimum atomic E-state index is 0.722. The Labute approximate surface area is 90.5 Å². The number of hydrogen-bond donors (Lipinski definition) is 2. The van der Waals surface area contributed by atoms with Crippen molar-refractivity contribution in [3.63, 3.8) is 0 Å². The van der Waals surface area contributed by atoms with E-state index in [9.17, 15) is 0 Å². The number of aryl methyl sites for hydroxylation is 1. The Bertz CT molecular complexity index is 290. The zero-order valence-electron chi connectivity index (χ0n) is 9.16. The van der Waals surface area contributed by atoms with Gasteiger partial charge in [-0.05, 0) is 37.4 Å². The van der Waals surface area contributed by atoms with Gasteiger partial charge in [0, 0.05) is 18.9 Å². The molecule has 1 aromatic rings. The Morgan fingerprint density at radius 3 is 2.87 bits per heavy atom. The van der Waals surface area contributed by atoms with Gasteiger partial charge in [-0.1, -0.05) is 6.92 Å². The molecule has 1 unspecified atom stereocenters. The van der Waals surface area contributed by atoms with Crippen LogP contribution in [0.2, 0.25) is 0 Å². The highest BCUT2D eigenvalue weighted by atomic mass is 15.1. The van der Waals surface area contributed by atoms with Crippen LogP contribution in [-0.2, 0) is 6.42 Å². The molecule has 1 saturated heterocycles. The van der Waals surface area contributed by atoms with Crippen LogP contribution < -0.4 is 10.6 Å². The Morgan fingerprint density at radius 1 is 1.47 bits per heavy atom. The molecule has 1 aromatic heterocycles. The van der Waals surface area contributed by atoms with Crippen LogP contribution in [0.3, 0.4) is 0 Å². The molecule has 15 heavy (non-hydrogen) atoms. The normalized spacial score (nSPS) is 20.5. The summed E-state index contributed by atoms with van der Waals surface area (Å²) in [6.45, 7) is 5.33. The average Bonchev–Trinajstić information content (AvgIpc) is 2.80. The number of rotatable bonds is 4. The molecule has 1 fully saturated rings. The van der Waals surface area contributed by atoms with Crippen molar-refractivity contribution in [1.82, 2.24) is 15.3 Å². The van der Waals surface area contributed by atoms with Crippen LogP contribution in [0.4, 0.5) is 5.95 Å². The third-order valence-corrected chi connectivity index (χ3v) is 2.82. The van der Waals surface area contributed by atoms with E-state index in [-0.39, 0.29) is 0 Å². The third kappa shape index (κ3) is 2.89. The SMILES string of the molecule is CCc1cnc(NCC2CCNC2)nc1. The number of anilines is 1. The van der Waals surface area contributed by atoms with E-state index in [0.29, 0.717) is 0 Å². The second-order valence-electron chi connectivity index (χ2n) is 4.01. The molecule has 2 N–H and O–H groups in total. The van der Waals surface area contributed by atoms with E-state index in [4.69, 9.17) is 0 Å². The summed E-state index contributed by atoms with van der Waals surface area (Å²) in [5.41, 5.74) is 1.18. The molecule has 0 radical (unpaired) electrons. The lowest BCUT2D eigenvalue weighted by Gasteiger charge is -2.09. The molecule has 82 valence electrons. The summed E-state index contributed by atoms with van der Waals surface area (Å²) in [6.07, 6.45) is 6.03. The lowest BCUT2D eigenvalue weighted by molar-refractivity contribution is 0.612. The van der Waals surface area contributed by atoms with Crippen molar-refractivity contribution >= 4 is 5.95 Å². The highest BCUT2D eigenvalue weighted by Crippen LogP contribution is 2.08. The average molecular weight is 206 g/mol. The summed E-state index contributed by atoms with van der Waals surface area (Å²) in [5, 5.41) is 6.62. The maximum absolute atomic E-state index is 4.27. The first-order valence-corrected chi connectivity index (χ1v) is 5.64. The lowest BCUT2D eigenvalue weighted by atomic mass is 10.1. The van der Waals surface area contributed by atoms with Gasteiger partial charge in [0.1, 0.15) is 0 Å². The van der Waals surface area contributed by atoms with Crippen molar-refractivity contribution in [1.29, 1.82) is 0 Å². The van der Waals surface area contributed by atoms with Crippen molar-refractivity contribution in [2.75, 3.05) is 25.0 Å². The molecular weight excluding hydrogens is 188 g/mol. The largest absolute Gasteiger partial charge is 0.354 e. The van der Waals surface area contributed by atoms with Gasteiger partial charge in [0.15, 0.2) is 0 Å². The minimum Gasteiger partial charge on any atom is -0.354 e. The quantitative estimate of drug-likeness (QED) is 0.773. The van der Waals surface area contributed by atoms with Gasteiger partial charge in [0.05, 0.1) is 0 Å². The van der Waals surface area contributed by atoms with Crippen LogP contribution in [0.25, 0.3) is 0 Å². The summed E-state index contributed by atoms with van der Waals surface area (Å²) in [7, 11) is 0. The molecule has 2 rings (SSSR count). The van der Waals surface area contributed by atoms with Crippen LogP contribution >= 0.6 is 0 Å². The van der Waals surface area contributed by atoms with E-state index in [1.165, 1.54) is 12.0 Å². The Kier molecular flexibility index (Phi) is 3.50. The number of nitrogens with zero attached hydrogens (tertiary/aromatic N) is 2. The van der Waals surface area contributed by atoms with Gasteiger partial charge in [-0.2, -0.15) is 0 Å². The Hall–Kier alpha value is -1.16. The smallest absolute Gasteiger partial charge is 0.222 e. The molecule has 0 aromatic carbocycles. The summed E-state index contributed by atoms with van der Waals surface area (Å²) in [6, 6.07) is 0. The number of aromatic nitrogens is 2. The summed E-state index contributed by atoms with van der Waals surface area (Å²) < 4.78 is 0. The van der Waals surface area contributed by atoms with Crippen molar-refractivity contribution in [2.45, 2.75) is 19.8 Å². The first kappa shape index (κ1) is 10.4. The van der Waals surface area contributed by atoms with Crippen LogP contribution in [0.1, 0.15) is 18.9 Å². The van der Waals surface area contributed by atoms with E-state index in [1.54, 1.807) is 0 Å². The molecule has 2 heterocycles. The molecule has 1 aliphatic heterocycles. The maximum atomic E-state index is 4.27. The fourth-order valence-corrected chi connectivity index (χ4v) is 1.75. The first-order valence-electron chi connectivity index (χ1n) is 5.64. The van der Waals surface area contributed by atoms with Crippen LogP contribution in [0.15, 0.2) is 12.4 Å². The fraction of sp³-hybridized carbons (Fsp3) is 0.636. The second kappa shape index (κ2) is 5.07. The third-order valence-electron chi connectivity index (χ3n) is 2.82.